The zero-order valence-corrected chi connectivity index (χ0v) is 13.5. The number of nitrogens with zero attached hydrogens (tertiary/aromatic N) is 1. The van der Waals surface area contributed by atoms with E-state index in [9.17, 15) is 4.39 Å². The third-order valence-corrected chi connectivity index (χ3v) is 4.34. The number of nitrogens with one attached hydrogen (secondary N) is 1. The molecule has 0 saturated carbocycles. The number of benzene rings is 1. The fourth-order valence-corrected chi connectivity index (χ4v) is 3.30. The zero-order chi connectivity index (χ0) is 15.1. The highest BCUT2D eigenvalue weighted by Gasteiger charge is 2.07. The first-order valence-corrected chi connectivity index (χ1v) is 8.21. The van der Waals surface area contributed by atoms with Gasteiger partial charge in [0.05, 0.1) is 0 Å². The van der Waals surface area contributed by atoms with E-state index in [1.54, 1.807) is 6.07 Å². The molecule has 1 heterocycles. The van der Waals surface area contributed by atoms with Gasteiger partial charge in [0, 0.05) is 35.0 Å². The highest BCUT2D eigenvalue weighted by Crippen LogP contribution is 2.19. The molecule has 0 saturated heterocycles. The van der Waals surface area contributed by atoms with E-state index in [-0.39, 0.29) is 5.82 Å². The summed E-state index contributed by atoms with van der Waals surface area (Å²) in [7, 11) is 2.03. The molecule has 1 aromatic heterocycles. The van der Waals surface area contributed by atoms with Gasteiger partial charge < -0.3 is 5.32 Å². The van der Waals surface area contributed by atoms with Gasteiger partial charge in [-0.1, -0.05) is 25.1 Å². The van der Waals surface area contributed by atoms with E-state index in [0.717, 1.165) is 31.6 Å². The third kappa shape index (κ3) is 5.23. The van der Waals surface area contributed by atoms with Gasteiger partial charge in [0.2, 0.25) is 0 Å². The molecule has 2 aromatic rings. The van der Waals surface area contributed by atoms with Gasteiger partial charge in [-0.05, 0) is 38.2 Å². The Morgan fingerprint density at radius 3 is 2.62 bits per heavy atom. The molecule has 0 unspecified atom stereocenters. The van der Waals surface area contributed by atoms with E-state index in [0.29, 0.717) is 6.54 Å². The maximum absolute atomic E-state index is 13.6. The van der Waals surface area contributed by atoms with Gasteiger partial charge in [-0.2, -0.15) is 0 Å². The first-order chi connectivity index (χ1) is 10.2. The summed E-state index contributed by atoms with van der Waals surface area (Å²) in [6.45, 7) is 5.65. The van der Waals surface area contributed by atoms with Gasteiger partial charge in [-0.25, -0.2) is 4.39 Å². The lowest BCUT2D eigenvalue weighted by molar-refractivity contribution is 0.316. The summed E-state index contributed by atoms with van der Waals surface area (Å²) >= 11 is 1.83. The standard InChI is InChI=1S/C17H23FN2S/c1-3-10-19-11-15-8-9-16(21-15)13-20(2)12-14-6-4-5-7-17(14)18/h4-9,19H,3,10-13H2,1-2H3. The Bertz CT molecular complexity index is 553. The SMILES string of the molecule is CCCNCc1ccc(CN(C)Cc2ccccc2F)s1. The molecule has 0 aliphatic carbocycles. The number of rotatable bonds is 8. The third-order valence-electron chi connectivity index (χ3n) is 3.27. The number of hydrogen-bond donors (Lipinski definition) is 1. The predicted molar refractivity (Wildman–Crippen MR) is 87.9 cm³/mol. The van der Waals surface area contributed by atoms with Gasteiger partial charge in [-0.3, -0.25) is 4.90 Å². The van der Waals surface area contributed by atoms with Crippen molar-refractivity contribution in [2.45, 2.75) is 33.0 Å². The second-order valence-electron chi connectivity index (χ2n) is 5.31. The van der Waals surface area contributed by atoms with Crippen molar-refractivity contribution in [2.24, 2.45) is 0 Å². The fourth-order valence-electron chi connectivity index (χ4n) is 2.23. The van der Waals surface area contributed by atoms with Crippen LogP contribution in [-0.2, 0) is 19.6 Å². The van der Waals surface area contributed by atoms with E-state index in [1.165, 1.54) is 15.8 Å². The molecule has 0 amide bonds. The fraction of sp³-hybridized carbons (Fsp3) is 0.412. The molecule has 1 N–H and O–H groups in total. The highest BCUT2D eigenvalue weighted by atomic mass is 32.1. The van der Waals surface area contributed by atoms with Crippen molar-refractivity contribution in [1.29, 1.82) is 0 Å². The molecule has 0 radical (unpaired) electrons. The van der Waals surface area contributed by atoms with Crippen LogP contribution in [0.1, 0.15) is 28.7 Å². The van der Waals surface area contributed by atoms with Crippen LogP contribution in [0.25, 0.3) is 0 Å². The molecule has 114 valence electrons. The van der Waals surface area contributed by atoms with Gasteiger partial charge >= 0.3 is 0 Å². The van der Waals surface area contributed by atoms with Crippen LogP contribution in [0, 0.1) is 5.82 Å². The van der Waals surface area contributed by atoms with Crippen molar-refractivity contribution < 1.29 is 4.39 Å². The Hall–Kier alpha value is -1.23. The van der Waals surface area contributed by atoms with Gasteiger partial charge in [0.25, 0.3) is 0 Å². The van der Waals surface area contributed by atoms with Crippen LogP contribution >= 0.6 is 11.3 Å². The Labute approximate surface area is 130 Å². The van der Waals surface area contributed by atoms with Crippen LogP contribution < -0.4 is 5.32 Å². The molecule has 0 spiro atoms. The largest absolute Gasteiger partial charge is 0.312 e. The van der Waals surface area contributed by atoms with E-state index in [2.05, 4.69) is 29.3 Å². The molecule has 0 aliphatic heterocycles. The molecular formula is C17H23FN2S. The lowest BCUT2D eigenvalue weighted by atomic mass is 10.2. The maximum Gasteiger partial charge on any atom is 0.127 e. The van der Waals surface area contributed by atoms with Crippen LogP contribution in [0.5, 0.6) is 0 Å². The minimum atomic E-state index is -0.125. The van der Waals surface area contributed by atoms with E-state index in [4.69, 9.17) is 0 Å². The lowest BCUT2D eigenvalue weighted by Crippen LogP contribution is -2.17. The van der Waals surface area contributed by atoms with Crippen molar-refractivity contribution in [3.63, 3.8) is 0 Å². The molecule has 0 atom stereocenters. The lowest BCUT2D eigenvalue weighted by Gasteiger charge is -2.16. The summed E-state index contributed by atoms with van der Waals surface area (Å²) in [5, 5.41) is 3.41. The van der Waals surface area contributed by atoms with Crippen LogP contribution in [-0.4, -0.2) is 18.5 Å². The first-order valence-electron chi connectivity index (χ1n) is 7.39. The molecule has 2 rings (SSSR count). The molecule has 0 aliphatic rings. The van der Waals surface area contributed by atoms with Crippen LogP contribution in [0.3, 0.4) is 0 Å². The normalized spacial score (nSPS) is 11.2. The minimum absolute atomic E-state index is 0.125. The number of halogens is 1. The summed E-state index contributed by atoms with van der Waals surface area (Å²) in [4.78, 5) is 4.83. The number of hydrogen-bond acceptors (Lipinski definition) is 3. The Balaban J connectivity index is 1.85. The molecule has 1 aromatic carbocycles. The quantitative estimate of drug-likeness (QED) is 0.741. The second-order valence-corrected chi connectivity index (χ2v) is 6.56. The predicted octanol–water partition coefficient (Wildman–Crippen LogP) is 4.02. The average Bonchev–Trinajstić information content (AvgIpc) is 2.89. The first kappa shape index (κ1) is 16.1. The average molecular weight is 306 g/mol. The topological polar surface area (TPSA) is 15.3 Å². The molecule has 2 nitrogen and oxygen atoms in total. The summed E-state index contributed by atoms with van der Waals surface area (Å²) in [6.07, 6.45) is 1.16. The number of thiophene rings is 1. The van der Waals surface area contributed by atoms with Gasteiger partial charge in [0.1, 0.15) is 5.82 Å². The van der Waals surface area contributed by atoms with Crippen molar-refractivity contribution in [3.05, 3.63) is 57.5 Å². The van der Waals surface area contributed by atoms with Crippen LogP contribution in [0.4, 0.5) is 4.39 Å². The molecule has 4 heteroatoms. The summed E-state index contributed by atoms with van der Waals surface area (Å²) in [6, 6.07) is 11.3. The van der Waals surface area contributed by atoms with Crippen molar-refractivity contribution in [3.8, 4) is 0 Å². The molecule has 21 heavy (non-hydrogen) atoms. The summed E-state index contributed by atoms with van der Waals surface area (Å²) < 4.78 is 13.6. The van der Waals surface area contributed by atoms with Crippen molar-refractivity contribution in [2.75, 3.05) is 13.6 Å². The Morgan fingerprint density at radius 2 is 1.86 bits per heavy atom. The Kier molecular flexibility index (Phi) is 6.36. The molecule has 0 bridgehead atoms. The van der Waals surface area contributed by atoms with Crippen LogP contribution in [0.2, 0.25) is 0 Å². The smallest absolute Gasteiger partial charge is 0.127 e. The van der Waals surface area contributed by atoms with Crippen molar-refractivity contribution >= 4 is 11.3 Å². The van der Waals surface area contributed by atoms with Gasteiger partial charge in [0.15, 0.2) is 0 Å². The molecule has 0 fully saturated rings. The molecular weight excluding hydrogens is 283 g/mol. The monoisotopic (exact) mass is 306 g/mol. The minimum Gasteiger partial charge on any atom is -0.312 e. The Morgan fingerprint density at radius 1 is 1.10 bits per heavy atom. The van der Waals surface area contributed by atoms with Gasteiger partial charge in [-0.15, -0.1) is 11.3 Å². The van der Waals surface area contributed by atoms with Crippen molar-refractivity contribution in [1.82, 2.24) is 10.2 Å². The highest BCUT2D eigenvalue weighted by molar-refractivity contribution is 7.11. The summed E-state index contributed by atoms with van der Waals surface area (Å²) in [5.41, 5.74) is 0.751. The summed E-state index contributed by atoms with van der Waals surface area (Å²) in [5.74, 6) is -0.125. The second kappa shape index (κ2) is 8.27. The van der Waals surface area contributed by atoms with E-state index in [1.807, 2.05) is 30.5 Å². The van der Waals surface area contributed by atoms with Crippen LogP contribution in [0.15, 0.2) is 36.4 Å². The maximum atomic E-state index is 13.6. The zero-order valence-electron chi connectivity index (χ0n) is 12.7. The van der Waals surface area contributed by atoms with E-state index < -0.39 is 0 Å². The van der Waals surface area contributed by atoms with E-state index >= 15 is 0 Å².